The number of halogens is 1. The number of hydrogen-bond acceptors (Lipinski definition) is 0. The average molecular weight is 665 g/mol. The lowest BCUT2D eigenvalue weighted by Crippen LogP contribution is -2.57. The molecule has 0 aliphatic carbocycles. The molecule has 0 saturated heterocycles. The van der Waals surface area contributed by atoms with Crippen LogP contribution in [0.25, 0.3) is 0 Å². The summed E-state index contributed by atoms with van der Waals surface area (Å²) in [6, 6.07) is 5.92. The van der Waals surface area contributed by atoms with Crippen molar-refractivity contribution in [3.8, 4) is 0 Å². The van der Waals surface area contributed by atoms with E-state index < -0.39 is 56.9 Å². The third-order valence-electron chi connectivity index (χ3n) is 8.81. The van der Waals surface area contributed by atoms with Crippen LogP contribution in [0.4, 0.5) is 4.11 Å². The summed E-state index contributed by atoms with van der Waals surface area (Å²) in [5, 5.41) is 2.99. The van der Waals surface area contributed by atoms with E-state index in [2.05, 4.69) is 148 Å². The van der Waals surface area contributed by atoms with Crippen LogP contribution in [-0.4, -0.2) is 56.9 Å². The van der Waals surface area contributed by atoms with Crippen molar-refractivity contribution in [3.05, 3.63) is 52.8 Å². The molecule has 1 atom stereocenters. The maximum Gasteiger partial charge on any atom is 0.305 e. The van der Waals surface area contributed by atoms with Gasteiger partial charge in [0.25, 0.3) is 0 Å². The summed E-state index contributed by atoms with van der Waals surface area (Å²) >= 11 is 0. The summed E-state index contributed by atoms with van der Waals surface area (Å²) in [5.41, 5.74) is 6.63. The molecule has 0 fully saturated rings. The molecule has 0 amide bonds. The minimum absolute atomic E-state index is 0.543. The van der Waals surface area contributed by atoms with E-state index in [0.717, 1.165) is 0 Å². The molecule has 0 aromatic heterocycles. The number of allylic oxidation sites excluding steroid dienone is 3. The van der Waals surface area contributed by atoms with Gasteiger partial charge in [-0.3, -0.25) is 0 Å². The lowest BCUT2D eigenvalue weighted by molar-refractivity contribution is 0.816. The van der Waals surface area contributed by atoms with E-state index >= 15 is 4.11 Å². The van der Waals surface area contributed by atoms with Gasteiger partial charge in [-0.2, -0.15) is 0 Å². The quantitative estimate of drug-likeness (QED) is 0.172. The van der Waals surface area contributed by atoms with E-state index in [0.29, 0.717) is 21.5 Å². The Kier molecular flexibility index (Phi) is 10.5. The Hall–Kier alpha value is 0.148. The summed E-state index contributed by atoms with van der Waals surface area (Å²) in [7, 11) is -13.1. The molecule has 0 N–H and O–H groups in total. The van der Waals surface area contributed by atoms with Crippen LogP contribution in [0.2, 0.25) is 124 Å². The molecule has 1 aliphatic rings. The van der Waals surface area contributed by atoms with E-state index in [9.17, 15) is 0 Å². The van der Waals surface area contributed by atoms with Gasteiger partial charge in [0, 0.05) is 48.4 Å². The van der Waals surface area contributed by atoms with E-state index in [-0.39, 0.29) is 0 Å². The largest absolute Gasteiger partial charge is 0.305 e. The van der Waals surface area contributed by atoms with Crippen LogP contribution >= 0.6 is 0 Å². The summed E-state index contributed by atoms with van der Waals surface area (Å²) in [4.78, 5) is 0. The first-order valence-corrected chi connectivity index (χ1v) is 39.4. The van der Waals surface area contributed by atoms with Gasteiger partial charge in [-0.25, -0.2) is 0 Å². The molecule has 0 saturated carbocycles. The van der Waals surface area contributed by atoms with Crippen LogP contribution in [0.3, 0.4) is 0 Å². The van der Waals surface area contributed by atoms with Gasteiger partial charge >= 0.3 is 8.41 Å². The van der Waals surface area contributed by atoms with Gasteiger partial charge in [0.15, 0.2) is 0 Å². The molecule has 1 aromatic carbocycles. The van der Waals surface area contributed by atoms with Gasteiger partial charge in [-0.15, -0.1) is 0 Å². The van der Waals surface area contributed by atoms with Gasteiger partial charge < -0.3 is 4.11 Å². The second-order valence-electron chi connectivity index (χ2n) is 19.4. The first-order chi connectivity index (χ1) is 17.5. The fourth-order valence-corrected chi connectivity index (χ4v) is 50.9. The maximum absolute atomic E-state index is 18.0. The van der Waals surface area contributed by atoms with Crippen molar-refractivity contribution in [2.75, 3.05) is 0 Å². The molecular formula is C32H65FSi7. The lowest BCUT2D eigenvalue weighted by Gasteiger charge is -2.47. The van der Waals surface area contributed by atoms with Crippen molar-refractivity contribution in [1.82, 2.24) is 0 Å². The van der Waals surface area contributed by atoms with Crippen LogP contribution in [0, 0.1) is 0 Å². The van der Waals surface area contributed by atoms with Crippen molar-refractivity contribution in [1.29, 1.82) is 0 Å². The molecule has 2 rings (SSSR count). The summed E-state index contributed by atoms with van der Waals surface area (Å²) in [6.07, 6.45) is 6.25. The molecule has 0 bridgehead atoms. The second-order valence-corrected chi connectivity index (χ2v) is 56.0. The highest BCUT2D eigenvalue weighted by atomic mass is 28.4. The molecule has 1 unspecified atom stereocenters. The lowest BCUT2D eigenvalue weighted by atomic mass is 10.1. The topological polar surface area (TPSA) is 0 Å². The maximum atomic E-state index is 18.0. The first-order valence-electron chi connectivity index (χ1n) is 15.7. The highest BCUT2D eigenvalue weighted by molar-refractivity contribution is 7.00. The van der Waals surface area contributed by atoms with E-state index in [1.54, 1.807) is 5.56 Å². The predicted molar refractivity (Wildman–Crippen MR) is 204 cm³/mol. The predicted octanol–water partition coefficient (Wildman–Crippen LogP) is 11.0. The molecule has 8 heteroatoms. The van der Waals surface area contributed by atoms with Crippen LogP contribution in [0.1, 0.15) is 32.2 Å². The molecule has 0 spiro atoms. The zero-order valence-corrected chi connectivity index (χ0v) is 36.8. The van der Waals surface area contributed by atoms with Crippen molar-refractivity contribution in [2.24, 2.45) is 0 Å². The Balaban J connectivity index is 3.36. The van der Waals surface area contributed by atoms with Crippen LogP contribution in [0.15, 0.2) is 36.1 Å². The highest BCUT2D eigenvalue weighted by Gasteiger charge is 2.50. The van der Waals surface area contributed by atoms with Gasteiger partial charge in [-0.05, 0) is 43.4 Å². The van der Waals surface area contributed by atoms with Crippen molar-refractivity contribution >= 4 is 62.0 Å². The SMILES string of the molecule is C[Si](C)(C)C(c1cc(C([Si](C)(C)C)[Si](C)(C)C)c([Si]2(F)C=CC=CC2)c(C([Si](C)(C)C)[Si](C)(C)C)c1)[Si](C)(C)C. The minimum atomic E-state index is -3.35. The van der Waals surface area contributed by atoms with E-state index in [4.69, 9.17) is 0 Å². The smallest absolute Gasteiger partial charge is 0.302 e. The molecule has 1 heterocycles. The van der Waals surface area contributed by atoms with Crippen LogP contribution in [-0.2, 0) is 0 Å². The fraction of sp³-hybridized carbons (Fsp3) is 0.688. The second kappa shape index (κ2) is 11.6. The molecule has 1 aromatic rings. The Morgan fingerprint density at radius 2 is 0.850 bits per heavy atom. The Morgan fingerprint density at radius 3 is 1.10 bits per heavy atom. The summed E-state index contributed by atoms with van der Waals surface area (Å²) < 4.78 is 18.0. The zero-order valence-electron chi connectivity index (χ0n) is 29.8. The van der Waals surface area contributed by atoms with E-state index in [1.807, 2.05) is 6.08 Å². The van der Waals surface area contributed by atoms with Gasteiger partial charge in [0.1, 0.15) is 0 Å². The highest BCUT2D eigenvalue weighted by Crippen LogP contribution is 2.45. The van der Waals surface area contributed by atoms with Gasteiger partial charge in [-0.1, -0.05) is 154 Å². The molecule has 0 radical (unpaired) electrons. The standard InChI is InChI=1S/C32H65FSi7/c1-34(2,3)30(35(4,5)6)26-24-27(31(36(7,8)9)37(10,11)12)29(40(33)22-20-19-21-23-40)28(25-26)32(38(13,14)15)39(16,17)18/h19-22,24-25,30-32H,23H2,1-18H3. The molecular weight excluding hydrogens is 600 g/mol. The Morgan fingerprint density at radius 1 is 0.525 bits per heavy atom. The van der Waals surface area contributed by atoms with Gasteiger partial charge in [0.05, 0.1) is 0 Å². The number of hydrogen-bond donors (Lipinski definition) is 0. The molecule has 228 valence electrons. The third kappa shape index (κ3) is 8.20. The van der Waals surface area contributed by atoms with E-state index in [1.165, 1.54) is 16.3 Å². The third-order valence-corrected chi connectivity index (χ3v) is 39.7. The van der Waals surface area contributed by atoms with Crippen molar-refractivity contribution < 1.29 is 4.11 Å². The number of rotatable bonds is 10. The van der Waals surface area contributed by atoms with Gasteiger partial charge in [0.2, 0.25) is 0 Å². The van der Waals surface area contributed by atoms with Crippen molar-refractivity contribution in [3.63, 3.8) is 0 Å². The first kappa shape index (κ1) is 36.3. The van der Waals surface area contributed by atoms with Crippen LogP contribution < -0.4 is 5.19 Å². The normalized spacial score (nSPS) is 19.9. The average Bonchev–Trinajstić information content (AvgIpc) is 2.61. The molecule has 40 heavy (non-hydrogen) atoms. The zero-order chi connectivity index (χ0) is 31.5. The fourth-order valence-electron chi connectivity index (χ4n) is 9.36. The summed E-state index contributed by atoms with van der Waals surface area (Å²) in [5.74, 6) is 0. The number of benzene rings is 1. The van der Waals surface area contributed by atoms with Crippen molar-refractivity contribution in [2.45, 2.75) is 139 Å². The minimum Gasteiger partial charge on any atom is -0.302 e. The monoisotopic (exact) mass is 664 g/mol. The Bertz CT molecular complexity index is 1020. The van der Waals surface area contributed by atoms with Crippen LogP contribution in [0.5, 0.6) is 0 Å². The molecule has 1 aliphatic heterocycles. The Labute approximate surface area is 257 Å². The molecule has 0 nitrogen and oxygen atoms in total. The summed E-state index contributed by atoms with van der Waals surface area (Å²) in [6.45, 7) is 46.3.